The molecule has 1 amide bonds. The Bertz CT molecular complexity index is 698. The molecule has 1 aliphatic heterocycles. The lowest BCUT2D eigenvalue weighted by molar-refractivity contribution is -0.0451. The Morgan fingerprint density at radius 3 is 2.83 bits per heavy atom. The van der Waals surface area contributed by atoms with E-state index in [-0.39, 0.29) is 12.2 Å². The maximum absolute atomic E-state index is 10.9. The number of piperidine rings is 1. The maximum Gasteiger partial charge on any atom is 0.407 e. The number of carbonyl (C=O) groups is 1. The van der Waals surface area contributed by atoms with Crippen molar-refractivity contribution < 1.29 is 19.2 Å². The largest absolute Gasteiger partial charge is 0.465 e. The summed E-state index contributed by atoms with van der Waals surface area (Å²) in [5.74, 6) is 0.797. The Kier molecular flexibility index (Phi) is 4.96. The number of carboxylic acid groups (broad SMARTS) is 1. The molecule has 0 saturated carbocycles. The summed E-state index contributed by atoms with van der Waals surface area (Å²) < 4.78 is 11.2. The second-order valence-corrected chi connectivity index (χ2v) is 5.96. The van der Waals surface area contributed by atoms with E-state index in [0.717, 1.165) is 0 Å². The minimum atomic E-state index is -0.889. The summed E-state index contributed by atoms with van der Waals surface area (Å²) in [6.07, 6.45) is 1.59. The molecular weight excluding hydrogens is 336 g/mol. The van der Waals surface area contributed by atoms with Crippen molar-refractivity contribution in [2.75, 3.05) is 13.1 Å². The van der Waals surface area contributed by atoms with Gasteiger partial charge in [0, 0.05) is 24.8 Å². The van der Waals surface area contributed by atoms with Crippen molar-refractivity contribution in [2.45, 2.75) is 32.0 Å². The highest BCUT2D eigenvalue weighted by Crippen LogP contribution is 2.24. The summed E-state index contributed by atoms with van der Waals surface area (Å²) >= 11 is 5.76. The molecule has 0 bridgehead atoms. The van der Waals surface area contributed by atoms with Crippen molar-refractivity contribution in [1.82, 2.24) is 20.0 Å². The first-order chi connectivity index (χ1) is 11.5. The average molecular weight is 353 g/mol. The first kappa shape index (κ1) is 16.7. The quantitative estimate of drug-likeness (QED) is 0.844. The summed E-state index contributed by atoms with van der Waals surface area (Å²) in [5.41, 5.74) is 0.705. The van der Waals surface area contributed by atoms with Crippen LogP contribution in [-0.4, -0.2) is 50.4 Å². The maximum atomic E-state index is 10.9. The summed E-state index contributed by atoms with van der Waals surface area (Å²) in [7, 11) is 0. The van der Waals surface area contributed by atoms with Gasteiger partial charge in [0.05, 0.1) is 6.10 Å². The molecule has 3 heterocycles. The summed E-state index contributed by atoms with van der Waals surface area (Å²) in [6, 6.07) is 3.42. The highest BCUT2D eigenvalue weighted by molar-refractivity contribution is 6.29. The fourth-order valence-electron chi connectivity index (χ4n) is 2.56. The summed E-state index contributed by atoms with van der Waals surface area (Å²) in [5, 5.41) is 13.3. The average Bonchev–Trinajstić information content (AvgIpc) is 3.06. The molecule has 2 aromatic rings. The lowest BCUT2D eigenvalue weighted by Gasteiger charge is -2.30. The molecule has 128 valence electrons. The fraction of sp³-hybridized carbons (Fsp3) is 0.467. The van der Waals surface area contributed by atoms with Crippen LogP contribution in [0.1, 0.15) is 31.8 Å². The van der Waals surface area contributed by atoms with Gasteiger partial charge < -0.3 is 19.3 Å². The third-order valence-electron chi connectivity index (χ3n) is 3.88. The molecule has 1 atom stereocenters. The van der Waals surface area contributed by atoms with Crippen LogP contribution in [0.3, 0.4) is 0 Å². The standard InChI is InChI=1S/C15H17ClN4O4/c1-9(23-11-4-6-20(7-5-11)15(21)22)14-18-13(19-24-14)10-2-3-12(16)17-8-10/h2-3,8-9,11H,4-7H2,1H3,(H,21,22)/t9-/m1/s1. The zero-order valence-corrected chi connectivity index (χ0v) is 13.8. The van der Waals surface area contributed by atoms with Gasteiger partial charge in [-0.2, -0.15) is 4.98 Å². The minimum absolute atomic E-state index is 0.0249. The molecule has 0 unspecified atom stereocenters. The van der Waals surface area contributed by atoms with Crippen molar-refractivity contribution in [2.24, 2.45) is 0 Å². The number of ether oxygens (including phenoxy) is 1. The van der Waals surface area contributed by atoms with Gasteiger partial charge in [-0.25, -0.2) is 9.78 Å². The van der Waals surface area contributed by atoms with Crippen LogP contribution in [-0.2, 0) is 4.74 Å². The molecule has 0 radical (unpaired) electrons. The number of rotatable bonds is 4. The molecule has 1 saturated heterocycles. The van der Waals surface area contributed by atoms with E-state index < -0.39 is 6.09 Å². The third kappa shape index (κ3) is 3.82. The number of nitrogens with zero attached hydrogens (tertiary/aromatic N) is 4. The Balaban J connectivity index is 1.59. The van der Waals surface area contributed by atoms with E-state index in [4.69, 9.17) is 26.0 Å². The van der Waals surface area contributed by atoms with Gasteiger partial charge in [0.15, 0.2) is 0 Å². The van der Waals surface area contributed by atoms with Gasteiger partial charge >= 0.3 is 6.09 Å². The number of hydrogen-bond acceptors (Lipinski definition) is 6. The van der Waals surface area contributed by atoms with Crippen molar-refractivity contribution >= 4 is 17.7 Å². The second-order valence-electron chi connectivity index (χ2n) is 5.57. The SMILES string of the molecule is C[C@@H](OC1CCN(C(=O)O)CC1)c1nc(-c2ccc(Cl)nc2)no1. The van der Waals surface area contributed by atoms with Crippen molar-refractivity contribution in [3.05, 3.63) is 29.4 Å². The third-order valence-corrected chi connectivity index (χ3v) is 4.11. The zero-order chi connectivity index (χ0) is 17.1. The number of likely N-dealkylation sites (tertiary alicyclic amines) is 1. The van der Waals surface area contributed by atoms with E-state index in [0.29, 0.717) is 48.4 Å². The van der Waals surface area contributed by atoms with E-state index in [2.05, 4.69) is 15.1 Å². The Labute approximate surface area is 143 Å². The highest BCUT2D eigenvalue weighted by Gasteiger charge is 2.26. The number of amides is 1. The Hall–Kier alpha value is -2.19. The molecule has 8 nitrogen and oxygen atoms in total. The van der Waals surface area contributed by atoms with Crippen LogP contribution in [0.15, 0.2) is 22.9 Å². The van der Waals surface area contributed by atoms with E-state index in [9.17, 15) is 4.79 Å². The first-order valence-electron chi connectivity index (χ1n) is 7.62. The second kappa shape index (κ2) is 7.14. The molecular formula is C15H17ClN4O4. The molecule has 1 aliphatic rings. The van der Waals surface area contributed by atoms with Crippen LogP contribution in [0.25, 0.3) is 11.4 Å². The lowest BCUT2D eigenvalue weighted by atomic mass is 10.1. The predicted molar refractivity (Wildman–Crippen MR) is 84.7 cm³/mol. The fourth-order valence-corrected chi connectivity index (χ4v) is 2.67. The first-order valence-corrected chi connectivity index (χ1v) is 7.99. The normalized spacial score (nSPS) is 17.0. The molecule has 2 aromatic heterocycles. The minimum Gasteiger partial charge on any atom is -0.465 e. The molecule has 1 fully saturated rings. The van der Waals surface area contributed by atoms with Crippen LogP contribution >= 0.6 is 11.6 Å². The Morgan fingerprint density at radius 2 is 2.21 bits per heavy atom. The highest BCUT2D eigenvalue weighted by atomic mass is 35.5. The van der Waals surface area contributed by atoms with Crippen LogP contribution in [0.5, 0.6) is 0 Å². The summed E-state index contributed by atoms with van der Waals surface area (Å²) in [6.45, 7) is 2.78. The molecule has 1 N–H and O–H groups in total. The van der Waals surface area contributed by atoms with Crippen LogP contribution < -0.4 is 0 Å². The lowest BCUT2D eigenvalue weighted by Crippen LogP contribution is -2.40. The van der Waals surface area contributed by atoms with Gasteiger partial charge in [0.1, 0.15) is 11.3 Å². The van der Waals surface area contributed by atoms with Crippen molar-refractivity contribution in [3.63, 3.8) is 0 Å². The smallest absolute Gasteiger partial charge is 0.407 e. The van der Waals surface area contributed by atoms with Crippen LogP contribution in [0, 0.1) is 0 Å². The van der Waals surface area contributed by atoms with Crippen LogP contribution in [0.4, 0.5) is 4.79 Å². The summed E-state index contributed by atoms with van der Waals surface area (Å²) in [4.78, 5) is 20.6. The molecule has 0 aromatic carbocycles. The molecule has 0 aliphatic carbocycles. The van der Waals surface area contributed by atoms with E-state index in [1.54, 1.807) is 18.3 Å². The monoisotopic (exact) mass is 352 g/mol. The van der Waals surface area contributed by atoms with Crippen molar-refractivity contribution in [3.8, 4) is 11.4 Å². The van der Waals surface area contributed by atoms with Gasteiger partial charge in [-0.1, -0.05) is 16.8 Å². The number of hydrogen-bond donors (Lipinski definition) is 1. The molecule has 9 heteroatoms. The van der Waals surface area contributed by atoms with Gasteiger partial charge in [-0.15, -0.1) is 0 Å². The Morgan fingerprint density at radius 1 is 1.46 bits per heavy atom. The number of pyridine rings is 1. The predicted octanol–water partition coefficient (Wildman–Crippen LogP) is 3.01. The van der Waals surface area contributed by atoms with E-state index >= 15 is 0 Å². The molecule has 3 rings (SSSR count). The van der Waals surface area contributed by atoms with Gasteiger partial charge in [0.2, 0.25) is 5.82 Å². The molecule has 0 spiro atoms. The van der Waals surface area contributed by atoms with Gasteiger partial charge in [0.25, 0.3) is 5.89 Å². The number of aromatic nitrogens is 3. The zero-order valence-electron chi connectivity index (χ0n) is 13.1. The van der Waals surface area contributed by atoms with Crippen molar-refractivity contribution in [1.29, 1.82) is 0 Å². The van der Waals surface area contributed by atoms with Crippen LogP contribution in [0.2, 0.25) is 5.15 Å². The molecule has 24 heavy (non-hydrogen) atoms. The topological polar surface area (TPSA) is 102 Å². The van der Waals surface area contributed by atoms with E-state index in [1.165, 1.54) is 4.90 Å². The van der Waals surface area contributed by atoms with Gasteiger partial charge in [-0.05, 0) is 31.9 Å². The van der Waals surface area contributed by atoms with Gasteiger partial charge in [-0.3, -0.25) is 0 Å². The number of halogens is 1. The van der Waals surface area contributed by atoms with E-state index in [1.807, 2.05) is 6.92 Å².